The third-order valence-electron chi connectivity index (χ3n) is 1.78. The van der Waals surface area contributed by atoms with E-state index in [0.29, 0.717) is 6.04 Å². The molecule has 11 heavy (non-hydrogen) atoms. The highest BCUT2D eigenvalue weighted by Gasteiger charge is 2.06. The van der Waals surface area contributed by atoms with Gasteiger partial charge in [0.1, 0.15) is 0 Å². The van der Waals surface area contributed by atoms with Gasteiger partial charge in [-0.3, -0.25) is 4.68 Å². The Morgan fingerprint density at radius 1 is 1.64 bits per heavy atom. The van der Waals surface area contributed by atoms with Crippen molar-refractivity contribution in [3.05, 3.63) is 17.5 Å². The molecule has 0 saturated heterocycles. The first-order valence-corrected chi connectivity index (χ1v) is 5.28. The molecular weight excluding hydrogens is 251 g/mol. The zero-order valence-electron chi connectivity index (χ0n) is 7.13. The molecule has 0 bridgehead atoms. The first-order chi connectivity index (χ1) is 5.16. The Labute approximate surface area is 81.1 Å². The van der Waals surface area contributed by atoms with Crippen LogP contribution < -0.4 is 0 Å². The molecule has 2 nitrogen and oxygen atoms in total. The average Bonchev–Trinajstić information content (AvgIpc) is 2.30. The molecule has 62 valence electrons. The van der Waals surface area contributed by atoms with Crippen molar-refractivity contribution in [3.8, 4) is 0 Å². The quantitative estimate of drug-likeness (QED) is 0.593. The monoisotopic (exact) mass is 264 g/mol. The van der Waals surface area contributed by atoms with Crippen molar-refractivity contribution in [2.24, 2.45) is 0 Å². The molecule has 0 saturated carbocycles. The Morgan fingerprint density at radius 3 is 2.55 bits per heavy atom. The summed E-state index contributed by atoms with van der Waals surface area (Å²) in [5.74, 6) is 0. The van der Waals surface area contributed by atoms with E-state index in [1.807, 2.05) is 6.20 Å². The maximum atomic E-state index is 4.30. The van der Waals surface area contributed by atoms with Crippen molar-refractivity contribution in [1.82, 2.24) is 9.78 Å². The Hall–Kier alpha value is -0.0600. The number of aromatic nitrogens is 2. The molecule has 0 fully saturated rings. The fourth-order valence-electron chi connectivity index (χ4n) is 1.11. The van der Waals surface area contributed by atoms with Crippen LogP contribution >= 0.6 is 22.6 Å². The van der Waals surface area contributed by atoms with Gasteiger partial charge in [0.25, 0.3) is 0 Å². The molecular formula is C8H13IN2. The molecule has 0 N–H and O–H groups in total. The van der Waals surface area contributed by atoms with E-state index in [1.54, 1.807) is 0 Å². The van der Waals surface area contributed by atoms with Crippen molar-refractivity contribution in [3.63, 3.8) is 0 Å². The fraction of sp³-hybridized carbons (Fsp3) is 0.625. The SMILES string of the molecule is Cc1c(CI)cnn1C(C)C. The van der Waals surface area contributed by atoms with Crippen LogP contribution in [0.1, 0.15) is 31.1 Å². The van der Waals surface area contributed by atoms with Crippen LogP contribution in [0.2, 0.25) is 0 Å². The van der Waals surface area contributed by atoms with E-state index in [9.17, 15) is 0 Å². The summed E-state index contributed by atoms with van der Waals surface area (Å²) in [6, 6.07) is 0.478. The van der Waals surface area contributed by atoms with Gasteiger partial charge in [-0.25, -0.2) is 0 Å². The molecule has 1 aromatic heterocycles. The molecule has 0 radical (unpaired) electrons. The predicted molar refractivity (Wildman–Crippen MR) is 55.1 cm³/mol. The van der Waals surface area contributed by atoms with E-state index in [4.69, 9.17) is 0 Å². The molecule has 1 aromatic rings. The average molecular weight is 264 g/mol. The number of halogens is 1. The molecule has 0 atom stereocenters. The lowest BCUT2D eigenvalue weighted by atomic mass is 10.3. The van der Waals surface area contributed by atoms with Gasteiger partial charge in [0.05, 0.1) is 6.20 Å². The molecule has 0 amide bonds. The van der Waals surface area contributed by atoms with Crippen molar-refractivity contribution >= 4 is 22.6 Å². The van der Waals surface area contributed by atoms with E-state index in [0.717, 1.165) is 4.43 Å². The Morgan fingerprint density at radius 2 is 2.27 bits per heavy atom. The van der Waals surface area contributed by atoms with Crippen LogP contribution in [-0.4, -0.2) is 9.78 Å². The number of alkyl halides is 1. The summed E-state index contributed by atoms with van der Waals surface area (Å²) in [6.45, 7) is 6.43. The summed E-state index contributed by atoms with van der Waals surface area (Å²) in [7, 11) is 0. The lowest BCUT2D eigenvalue weighted by Crippen LogP contribution is -2.04. The summed E-state index contributed by atoms with van der Waals surface area (Å²) in [5, 5.41) is 4.30. The van der Waals surface area contributed by atoms with E-state index in [-0.39, 0.29) is 0 Å². The lowest BCUT2D eigenvalue weighted by molar-refractivity contribution is 0.519. The van der Waals surface area contributed by atoms with E-state index >= 15 is 0 Å². The highest BCUT2D eigenvalue weighted by atomic mass is 127. The second-order valence-electron chi connectivity index (χ2n) is 2.93. The molecule has 1 heterocycles. The smallest absolute Gasteiger partial charge is 0.0532 e. The highest BCUT2D eigenvalue weighted by Crippen LogP contribution is 2.14. The van der Waals surface area contributed by atoms with Crippen molar-refractivity contribution < 1.29 is 0 Å². The minimum atomic E-state index is 0.478. The van der Waals surface area contributed by atoms with Gasteiger partial charge >= 0.3 is 0 Å². The normalized spacial score (nSPS) is 11.0. The standard InChI is InChI=1S/C8H13IN2/c1-6(2)11-7(3)8(4-9)5-10-11/h5-6H,4H2,1-3H3. The summed E-state index contributed by atoms with van der Waals surface area (Å²) >= 11 is 2.36. The molecule has 0 aliphatic heterocycles. The van der Waals surface area contributed by atoms with Crippen LogP contribution in [0.15, 0.2) is 6.20 Å². The molecule has 0 unspecified atom stereocenters. The molecule has 0 spiro atoms. The van der Waals surface area contributed by atoms with Gasteiger partial charge in [-0.2, -0.15) is 5.10 Å². The van der Waals surface area contributed by atoms with Crippen LogP contribution in [-0.2, 0) is 4.43 Å². The number of rotatable bonds is 2. The first kappa shape index (κ1) is 9.03. The second-order valence-corrected chi connectivity index (χ2v) is 3.69. The molecule has 0 aliphatic rings. The van der Waals surface area contributed by atoms with Gasteiger partial charge in [-0.05, 0) is 20.8 Å². The molecule has 1 rings (SSSR count). The Balaban J connectivity index is 3.00. The third kappa shape index (κ3) is 1.75. The van der Waals surface area contributed by atoms with Gasteiger partial charge in [0.2, 0.25) is 0 Å². The van der Waals surface area contributed by atoms with Gasteiger partial charge in [-0.1, -0.05) is 22.6 Å². The van der Waals surface area contributed by atoms with Gasteiger partial charge in [-0.15, -0.1) is 0 Å². The predicted octanol–water partition coefficient (Wildman–Crippen LogP) is 2.71. The Bertz CT molecular complexity index is 240. The fourth-order valence-corrected chi connectivity index (χ4v) is 1.86. The maximum absolute atomic E-state index is 4.30. The zero-order chi connectivity index (χ0) is 8.43. The van der Waals surface area contributed by atoms with Crippen LogP contribution in [0.4, 0.5) is 0 Å². The van der Waals surface area contributed by atoms with E-state index in [2.05, 4.69) is 53.1 Å². The summed E-state index contributed by atoms with van der Waals surface area (Å²) in [4.78, 5) is 0. The second kappa shape index (κ2) is 3.56. The van der Waals surface area contributed by atoms with Gasteiger partial charge in [0, 0.05) is 21.7 Å². The van der Waals surface area contributed by atoms with Gasteiger partial charge in [0.15, 0.2) is 0 Å². The minimum absolute atomic E-state index is 0.478. The Kier molecular flexibility index (Phi) is 2.92. The van der Waals surface area contributed by atoms with Gasteiger partial charge < -0.3 is 0 Å². The summed E-state index contributed by atoms with van der Waals surface area (Å²) in [5.41, 5.74) is 2.65. The van der Waals surface area contributed by atoms with Crippen LogP contribution in [0, 0.1) is 6.92 Å². The number of nitrogens with zero attached hydrogens (tertiary/aromatic N) is 2. The van der Waals surface area contributed by atoms with Crippen LogP contribution in [0.25, 0.3) is 0 Å². The summed E-state index contributed by atoms with van der Waals surface area (Å²) < 4.78 is 3.12. The van der Waals surface area contributed by atoms with Crippen molar-refractivity contribution in [1.29, 1.82) is 0 Å². The maximum Gasteiger partial charge on any atom is 0.0532 e. The molecule has 3 heteroatoms. The largest absolute Gasteiger partial charge is 0.267 e. The van der Waals surface area contributed by atoms with Crippen molar-refractivity contribution in [2.45, 2.75) is 31.2 Å². The van der Waals surface area contributed by atoms with E-state index < -0.39 is 0 Å². The van der Waals surface area contributed by atoms with E-state index in [1.165, 1.54) is 11.3 Å². The number of hydrogen-bond donors (Lipinski definition) is 0. The van der Waals surface area contributed by atoms with Crippen LogP contribution in [0.3, 0.4) is 0 Å². The van der Waals surface area contributed by atoms with Crippen molar-refractivity contribution in [2.75, 3.05) is 0 Å². The molecule has 0 aromatic carbocycles. The summed E-state index contributed by atoms with van der Waals surface area (Å²) in [6.07, 6.45) is 1.96. The zero-order valence-corrected chi connectivity index (χ0v) is 9.29. The highest BCUT2D eigenvalue weighted by molar-refractivity contribution is 14.1. The molecule has 0 aliphatic carbocycles. The van der Waals surface area contributed by atoms with Crippen LogP contribution in [0.5, 0.6) is 0 Å². The lowest BCUT2D eigenvalue weighted by Gasteiger charge is -2.07. The minimum Gasteiger partial charge on any atom is -0.267 e. The number of hydrogen-bond acceptors (Lipinski definition) is 1. The third-order valence-corrected chi connectivity index (χ3v) is 2.60. The first-order valence-electron chi connectivity index (χ1n) is 3.75. The topological polar surface area (TPSA) is 17.8 Å².